The Hall–Kier alpha value is -1.46. The predicted molar refractivity (Wildman–Crippen MR) is 115 cm³/mol. The molecule has 5 heteroatoms. The number of aryl methyl sites for hydroxylation is 1. The minimum absolute atomic E-state index is 0.608. The van der Waals surface area contributed by atoms with Crippen LogP contribution in [-0.4, -0.2) is 16.5 Å². The van der Waals surface area contributed by atoms with Crippen LogP contribution in [0.5, 0.6) is 0 Å². The van der Waals surface area contributed by atoms with Gasteiger partial charge in [0.2, 0.25) is 0 Å². The van der Waals surface area contributed by atoms with Gasteiger partial charge in [0.25, 0.3) is 0 Å². The van der Waals surface area contributed by atoms with Crippen LogP contribution in [0, 0.1) is 37.0 Å². The Kier molecular flexibility index (Phi) is 4.71. The molecule has 0 unspecified atom stereocenters. The molecular weight excluding hydrogens is 364 g/mol. The molecule has 0 radical (unpaired) electrons. The van der Waals surface area contributed by atoms with Crippen LogP contribution in [0.1, 0.15) is 65.9 Å². The standard InChI is InChI=1S/C23H32N4S/c1-14-20(6-19-10-26-15(2)27-22(19)24)12-28-21(14)11-25-13-23-7-16-3-17(8-23)5-18(4-16)9-23/h10,12,16-18,25H,3-9,11,13H2,1-2H3,(H2,24,26,27). The second-order valence-electron chi connectivity index (χ2n) is 9.83. The highest BCUT2D eigenvalue weighted by Gasteiger charge is 2.50. The van der Waals surface area contributed by atoms with E-state index >= 15 is 0 Å². The van der Waals surface area contributed by atoms with E-state index in [4.69, 9.17) is 5.73 Å². The largest absolute Gasteiger partial charge is 0.383 e. The van der Waals surface area contributed by atoms with Crippen molar-refractivity contribution in [2.24, 2.45) is 23.2 Å². The minimum atomic E-state index is 0.608. The zero-order chi connectivity index (χ0) is 19.3. The van der Waals surface area contributed by atoms with Gasteiger partial charge in [-0.2, -0.15) is 0 Å². The maximum atomic E-state index is 6.09. The van der Waals surface area contributed by atoms with Gasteiger partial charge in [-0.3, -0.25) is 0 Å². The van der Waals surface area contributed by atoms with E-state index in [0.29, 0.717) is 11.2 Å². The third kappa shape index (κ3) is 3.48. The molecule has 2 aromatic heterocycles. The molecule has 28 heavy (non-hydrogen) atoms. The van der Waals surface area contributed by atoms with Gasteiger partial charge in [-0.15, -0.1) is 11.3 Å². The Morgan fingerprint density at radius 2 is 1.79 bits per heavy atom. The van der Waals surface area contributed by atoms with Gasteiger partial charge in [0.15, 0.2) is 0 Å². The second-order valence-corrected chi connectivity index (χ2v) is 10.8. The fraction of sp³-hybridized carbons (Fsp3) is 0.652. The number of nitrogen functional groups attached to an aromatic ring is 1. The van der Waals surface area contributed by atoms with Crippen molar-refractivity contribution < 1.29 is 0 Å². The molecule has 4 aliphatic carbocycles. The third-order valence-corrected chi connectivity index (χ3v) is 8.73. The molecule has 4 saturated carbocycles. The van der Waals surface area contributed by atoms with Crippen molar-refractivity contribution in [3.05, 3.63) is 39.0 Å². The molecule has 4 fully saturated rings. The lowest BCUT2D eigenvalue weighted by atomic mass is 9.49. The van der Waals surface area contributed by atoms with Crippen molar-refractivity contribution in [2.45, 2.75) is 65.3 Å². The van der Waals surface area contributed by atoms with Crippen LogP contribution in [0.2, 0.25) is 0 Å². The van der Waals surface area contributed by atoms with Crippen molar-refractivity contribution in [3.8, 4) is 0 Å². The fourth-order valence-corrected chi connectivity index (χ4v) is 7.69. The molecule has 3 N–H and O–H groups in total. The van der Waals surface area contributed by atoms with E-state index in [1.165, 1.54) is 61.1 Å². The van der Waals surface area contributed by atoms with Crippen molar-refractivity contribution >= 4 is 17.2 Å². The first-order chi connectivity index (χ1) is 13.5. The van der Waals surface area contributed by atoms with Crippen molar-refractivity contribution in [3.63, 3.8) is 0 Å². The van der Waals surface area contributed by atoms with Crippen LogP contribution in [0.25, 0.3) is 0 Å². The van der Waals surface area contributed by atoms with Crippen LogP contribution in [0.4, 0.5) is 5.82 Å². The molecule has 0 aromatic carbocycles. The molecule has 0 spiro atoms. The highest BCUT2D eigenvalue weighted by atomic mass is 32.1. The van der Waals surface area contributed by atoms with Gasteiger partial charge in [-0.25, -0.2) is 9.97 Å². The van der Waals surface area contributed by atoms with E-state index in [2.05, 4.69) is 27.6 Å². The predicted octanol–water partition coefficient (Wildman–Crippen LogP) is 4.63. The van der Waals surface area contributed by atoms with Crippen LogP contribution in [0.15, 0.2) is 11.6 Å². The lowest BCUT2D eigenvalue weighted by molar-refractivity contribution is -0.0514. The molecule has 0 aliphatic heterocycles. The van der Waals surface area contributed by atoms with Gasteiger partial charge in [0.05, 0.1) is 0 Å². The number of nitrogens with two attached hydrogens (primary N) is 1. The summed E-state index contributed by atoms with van der Waals surface area (Å²) in [6.45, 7) is 6.34. The number of nitrogens with one attached hydrogen (secondary N) is 1. The molecule has 4 bridgehead atoms. The van der Waals surface area contributed by atoms with E-state index in [-0.39, 0.29) is 0 Å². The molecule has 2 heterocycles. The number of hydrogen-bond acceptors (Lipinski definition) is 5. The summed E-state index contributed by atoms with van der Waals surface area (Å²) in [5, 5.41) is 6.14. The average Bonchev–Trinajstić information content (AvgIpc) is 2.96. The summed E-state index contributed by atoms with van der Waals surface area (Å²) in [6.07, 6.45) is 11.7. The zero-order valence-electron chi connectivity index (χ0n) is 17.1. The van der Waals surface area contributed by atoms with Crippen LogP contribution in [-0.2, 0) is 13.0 Å². The molecule has 4 aliphatic rings. The van der Waals surface area contributed by atoms with Crippen molar-refractivity contribution in [1.82, 2.24) is 15.3 Å². The Balaban J connectivity index is 1.21. The van der Waals surface area contributed by atoms with E-state index < -0.39 is 0 Å². The SMILES string of the molecule is Cc1ncc(Cc2csc(CNCC34CC5CC(CC(C5)C3)C4)c2C)c(N)n1. The topological polar surface area (TPSA) is 63.8 Å². The molecule has 4 nitrogen and oxygen atoms in total. The molecule has 6 rings (SSSR count). The number of thiophene rings is 1. The van der Waals surface area contributed by atoms with Crippen LogP contribution >= 0.6 is 11.3 Å². The van der Waals surface area contributed by atoms with Gasteiger partial charge >= 0.3 is 0 Å². The van der Waals surface area contributed by atoms with Gasteiger partial charge in [0, 0.05) is 36.1 Å². The lowest BCUT2D eigenvalue weighted by Gasteiger charge is -2.57. The summed E-state index contributed by atoms with van der Waals surface area (Å²) >= 11 is 1.88. The van der Waals surface area contributed by atoms with Crippen molar-refractivity contribution in [2.75, 3.05) is 12.3 Å². The second kappa shape index (κ2) is 7.10. The number of rotatable bonds is 6. The Labute approximate surface area is 172 Å². The lowest BCUT2D eigenvalue weighted by Crippen LogP contribution is -2.50. The number of aromatic nitrogens is 2. The van der Waals surface area contributed by atoms with E-state index in [9.17, 15) is 0 Å². The Morgan fingerprint density at radius 3 is 2.43 bits per heavy atom. The minimum Gasteiger partial charge on any atom is -0.383 e. The summed E-state index contributed by atoms with van der Waals surface area (Å²) in [4.78, 5) is 10.1. The van der Waals surface area contributed by atoms with Crippen LogP contribution in [0.3, 0.4) is 0 Å². The highest BCUT2D eigenvalue weighted by Crippen LogP contribution is 2.59. The van der Waals surface area contributed by atoms with Gasteiger partial charge < -0.3 is 11.1 Å². The number of hydrogen-bond donors (Lipinski definition) is 2. The van der Waals surface area contributed by atoms with Gasteiger partial charge in [-0.1, -0.05) is 0 Å². The third-order valence-electron chi connectivity index (χ3n) is 7.59. The molecule has 2 aromatic rings. The molecule has 150 valence electrons. The smallest absolute Gasteiger partial charge is 0.130 e. The Bertz CT molecular complexity index is 836. The fourth-order valence-electron chi connectivity index (χ4n) is 6.65. The summed E-state index contributed by atoms with van der Waals surface area (Å²) in [6, 6.07) is 0. The van der Waals surface area contributed by atoms with E-state index in [1.807, 2.05) is 24.5 Å². The van der Waals surface area contributed by atoms with Gasteiger partial charge in [-0.05, 0) is 92.0 Å². The maximum absolute atomic E-state index is 6.09. The highest BCUT2D eigenvalue weighted by molar-refractivity contribution is 7.10. The number of anilines is 1. The summed E-state index contributed by atoms with van der Waals surface area (Å²) in [5.74, 6) is 4.44. The summed E-state index contributed by atoms with van der Waals surface area (Å²) < 4.78 is 0. The van der Waals surface area contributed by atoms with Crippen LogP contribution < -0.4 is 11.1 Å². The monoisotopic (exact) mass is 396 g/mol. The van der Waals surface area contributed by atoms with E-state index in [1.54, 1.807) is 0 Å². The average molecular weight is 397 g/mol. The molecule has 0 amide bonds. The van der Waals surface area contributed by atoms with Gasteiger partial charge in [0.1, 0.15) is 11.6 Å². The summed E-state index contributed by atoms with van der Waals surface area (Å²) in [7, 11) is 0. The molecule has 0 saturated heterocycles. The van der Waals surface area contributed by atoms with E-state index in [0.717, 1.165) is 42.1 Å². The first-order valence-corrected chi connectivity index (χ1v) is 11.7. The normalized spacial score (nSPS) is 30.9. The van der Waals surface area contributed by atoms with Crippen molar-refractivity contribution in [1.29, 1.82) is 0 Å². The quantitative estimate of drug-likeness (QED) is 0.747. The summed E-state index contributed by atoms with van der Waals surface area (Å²) in [5.41, 5.74) is 10.5. The first-order valence-electron chi connectivity index (χ1n) is 10.8. The first kappa shape index (κ1) is 18.6. The number of nitrogens with zero attached hydrogens (tertiary/aromatic N) is 2. The molecular formula is C23H32N4S. The molecule has 0 atom stereocenters. The zero-order valence-corrected chi connectivity index (χ0v) is 17.9. The maximum Gasteiger partial charge on any atom is 0.130 e. The Morgan fingerprint density at radius 1 is 1.11 bits per heavy atom.